The summed E-state index contributed by atoms with van der Waals surface area (Å²) in [5.41, 5.74) is 4.04. The summed E-state index contributed by atoms with van der Waals surface area (Å²) in [6, 6.07) is 6.11. The Morgan fingerprint density at radius 1 is 1.00 bits per heavy atom. The number of nitrogens with one attached hydrogen (secondary N) is 1. The summed E-state index contributed by atoms with van der Waals surface area (Å²) >= 11 is 1.97. The lowest BCUT2D eigenvalue weighted by molar-refractivity contribution is 0.413. The second kappa shape index (κ2) is 12.5. The van der Waals surface area contributed by atoms with Gasteiger partial charge in [-0.1, -0.05) is 19.3 Å². The monoisotopic (exact) mass is 512 g/mol. The van der Waals surface area contributed by atoms with Crippen molar-refractivity contribution in [2.75, 3.05) is 36.2 Å². The molecule has 0 saturated carbocycles. The van der Waals surface area contributed by atoms with Crippen molar-refractivity contribution in [1.29, 1.82) is 0 Å². The summed E-state index contributed by atoms with van der Waals surface area (Å²) in [7, 11) is 1.70. The van der Waals surface area contributed by atoms with Crippen LogP contribution in [0.5, 0.6) is 5.75 Å². The molecule has 0 amide bonds. The van der Waals surface area contributed by atoms with Crippen LogP contribution >= 0.6 is 11.8 Å². The molecular weight excluding hydrogens is 472 g/mol. The van der Waals surface area contributed by atoms with Gasteiger partial charge in [-0.2, -0.15) is 4.98 Å². The summed E-state index contributed by atoms with van der Waals surface area (Å²) in [6.07, 6.45) is 15.0. The van der Waals surface area contributed by atoms with Gasteiger partial charge in [0.1, 0.15) is 11.6 Å². The third kappa shape index (κ3) is 6.13. The third-order valence-corrected chi connectivity index (χ3v) is 8.00. The Morgan fingerprint density at radius 3 is 2.56 bits per heavy atom. The zero-order valence-corrected chi connectivity index (χ0v) is 22.2. The van der Waals surface area contributed by atoms with Gasteiger partial charge in [0.05, 0.1) is 35.4 Å². The Labute approximate surface area is 219 Å². The number of aromatic nitrogens is 4. The fraction of sp³-hybridized carbons (Fsp3) is 0.519. The number of anilines is 3. The van der Waals surface area contributed by atoms with E-state index in [4.69, 9.17) is 14.7 Å². The van der Waals surface area contributed by atoms with E-state index in [0.29, 0.717) is 5.95 Å². The van der Waals surface area contributed by atoms with Crippen LogP contribution in [-0.2, 0) is 6.42 Å². The van der Waals surface area contributed by atoms with Crippen molar-refractivity contribution in [3.63, 3.8) is 0 Å². The fourth-order valence-corrected chi connectivity index (χ4v) is 6.10. The van der Waals surface area contributed by atoms with Crippen LogP contribution < -0.4 is 15.0 Å². The number of methoxy groups -OCH3 is 1. The van der Waals surface area contributed by atoms with Crippen molar-refractivity contribution in [2.24, 2.45) is 0 Å². The van der Waals surface area contributed by atoms with Gasteiger partial charge in [-0.05, 0) is 63.3 Å². The number of imidazole rings is 1. The van der Waals surface area contributed by atoms with Gasteiger partial charge in [0.15, 0.2) is 0 Å². The number of benzene rings is 1. The minimum absolute atomic E-state index is 0. The highest BCUT2D eigenvalue weighted by Gasteiger charge is 2.22. The van der Waals surface area contributed by atoms with E-state index >= 15 is 0 Å². The Kier molecular flexibility index (Phi) is 9.09. The molecule has 4 heterocycles. The first kappa shape index (κ1) is 26.3. The molecule has 0 bridgehead atoms. The minimum atomic E-state index is 0. The Bertz CT molecular complexity index is 1150. The molecule has 2 aliphatic rings. The summed E-state index contributed by atoms with van der Waals surface area (Å²) in [5.74, 6) is 3.73. The third-order valence-electron chi connectivity index (χ3n) is 6.80. The highest BCUT2D eigenvalue weighted by molar-refractivity contribution is 7.99. The van der Waals surface area contributed by atoms with Gasteiger partial charge in [0.25, 0.3) is 0 Å². The molecule has 5 rings (SSSR count). The molecule has 196 valence electrons. The van der Waals surface area contributed by atoms with Crippen molar-refractivity contribution in [3.05, 3.63) is 42.1 Å². The molecule has 8 nitrogen and oxygen atoms in total. The lowest BCUT2D eigenvalue weighted by Crippen LogP contribution is -2.31. The summed E-state index contributed by atoms with van der Waals surface area (Å²) in [6.45, 7) is 4.14. The van der Waals surface area contributed by atoms with Crippen molar-refractivity contribution in [2.45, 2.75) is 69.6 Å². The maximum absolute atomic E-state index is 5.71. The average molecular weight is 513 g/mol. The molecular formula is C27H40N6O2S. The molecule has 0 aliphatic carbocycles. The maximum Gasteiger partial charge on any atom is 0.229 e. The molecule has 2 aromatic heterocycles. The second-order valence-corrected chi connectivity index (χ2v) is 10.6. The Hall–Kier alpha value is -2.78. The van der Waals surface area contributed by atoms with E-state index in [2.05, 4.69) is 21.3 Å². The molecule has 3 N–H and O–H groups in total. The van der Waals surface area contributed by atoms with Gasteiger partial charge < -0.3 is 25.0 Å². The van der Waals surface area contributed by atoms with Crippen LogP contribution in [0.1, 0.15) is 64.2 Å². The number of fused-ring (bicyclic) bond motifs is 1. The lowest BCUT2D eigenvalue weighted by atomic mass is 10.1. The Morgan fingerprint density at radius 2 is 1.78 bits per heavy atom. The van der Waals surface area contributed by atoms with Crippen LogP contribution in [0.4, 0.5) is 17.5 Å². The molecule has 1 fully saturated rings. The molecule has 3 aromatic rings. The van der Waals surface area contributed by atoms with Crippen LogP contribution in [0, 0.1) is 6.92 Å². The number of aryl methyl sites for hydroxylation is 2. The highest BCUT2D eigenvalue weighted by Crippen LogP contribution is 2.37. The summed E-state index contributed by atoms with van der Waals surface area (Å²) in [4.78, 5) is 18.3. The van der Waals surface area contributed by atoms with Crippen LogP contribution in [-0.4, -0.2) is 50.9 Å². The molecule has 2 aliphatic heterocycles. The number of thioether (sulfide) groups is 1. The van der Waals surface area contributed by atoms with Crippen LogP contribution in [0.2, 0.25) is 0 Å². The maximum atomic E-state index is 5.71. The minimum Gasteiger partial charge on any atom is -0.494 e. The van der Waals surface area contributed by atoms with Crippen LogP contribution in [0.15, 0.2) is 35.6 Å². The largest absolute Gasteiger partial charge is 0.494 e. The molecule has 1 saturated heterocycles. The molecule has 1 aromatic carbocycles. The van der Waals surface area contributed by atoms with E-state index < -0.39 is 0 Å². The van der Waals surface area contributed by atoms with Gasteiger partial charge >= 0.3 is 0 Å². The fourth-order valence-electron chi connectivity index (χ4n) is 4.93. The molecule has 0 radical (unpaired) electrons. The zero-order valence-electron chi connectivity index (χ0n) is 21.4. The van der Waals surface area contributed by atoms with Gasteiger partial charge in [-0.15, -0.1) is 11.8 Å². The van der Waals surface area contributed by atoms with Gasteiger partial charge in [-0.3, -0.25) is 0 Å². The smallest absolute Gasteiger partial charge is 0.229 e. The second-order valence-electron chi connectivity index (χ2n) is 9.49. The standard InChI is InChI=1S/C27H36N6OS.H2O.H2/c1-20-18-33(19-28-20)23-13-12-21(17-24(23)34-2)29-27-30-22-11-7-4-3-5-10-16-35-25(22)26(31-27)32-14-8-6-9-15-32;;/h12-13,17-19H,3-11,14-16H2,1-2H3,(H,29,30,31);1H2;1H. The van der Waals surface area contributed by atoms with Gasteiger partial charge in [-0.25, -0.2) is 9.97 Å². The van der Waals surface area contributed by atoms with Crippen LogP contribution in [0.3, 0.4) is 0 Å². The molecule has 0 unspecified atom stereocenters. The number of nitrogens with zero attached hydrogens (tertiary/aromatic N) is 5. The van der Waals surface area contributed by atoms with E-state index in [1.54, 1.807) is 7.11 Å². The number of ether oxygens (including phenoxy) is 1. The van der Waals surface area contributed by atoms with Gasteiger partial charge in [0, 0.05) is 32.5 Å². The first-order valence-corrected chi connectivity index (χ1v) is 13.9. The highest BCUT2D eigenvalue weighted by atomic mass is 32.2. The number of hydrogen-bond donors (Lipinski definition) is 1. The quantitative estimate of drug-likeness (QED) is 0.466. The van der Waals surface area contributed by atoms with Crippen molar-refractivity contribution < 1.29 is 11.6 Å². The predicted molar refractivity (Wildman–Crippen MR) is 149 cm³/mol. The van der Waals surface area contributed by atoms with E-state index in [0.717, 1.165) is 53.9 Å². The molecule has 9 heteroatoms. The van der Waals surface area contributed by atoms with E-state index in [-0.39, 0.29) is 6.90 Å². The first-order valence-electron chi connectivity index (χ1n) is 13.0. The average Bonchev–Trinajstić information content (AvgIpc) is 3.33. The molecule has 0 atom stereocenters. The lowest BCUT2D eigenvalue weighted by Gasteiger charge is -2.30. The molecule has 36 heavy (non-hydrogen) atoms. The summed E-state index contributed by atoms with van der Waals surface area (Å²) in [5, 5.41) is 3.49. The predicted octanol–water partition coefficient (Wildman–Crippen LogP) is 5.73. The van der Waals surface area contributed by atoms with E-state index in [1.165, 1.54) is 62.0 Å². The number of piperidine rings is 1. The topological polar surface area (TPSA) is 99.6 Å². The zero-order chi connectivity index (χ0) is 24.0. The van der Waals surface area contributed by atoms with Crippen molar-refractivity contribution in [3.8, 4) is 11.4 Å². The SMILES string of the molecule is COc1cc(Nc2nc3c(c(N4CCCCC4)n2)SCCCCCCC3)ccc1-n1cnc(C)c1.O.[HH]. The summed E-state index contributed by atoms with van der Waals surface area (Å²) < 4.78 is 7.70. The van der Waals surface area contributed by atoms with E-state index in [1.807, 2.05) is 47.9 Å². The van der Waals surface area contributed by atoms with Crippen molar-refractivity contribution in [1.82, 2.24) is 19.5 Å². The Balaban J connectivity index is 0.00000190. The first-order chi connectivity index (χ1) is 17.2. The number of hydrogen-bond acceptors (Lipinski definition) is 7. The van der Waals surface area contributed by atoms with Gasteiger partial charge in [0.2, 0.25) is 5.95 Å². The van der Waals surface area contributed by atoms with Crippen LogP contribution in [0.25, 0.3) is 5.69 Å². The van der Waals surface area contributed by atoms with E-state index in [9.17, 15) is 0 Å². The van der Waals surface area contributed by atoms with Crippen molar-refractivity contribution >= 4 is 29.2 Å². The normalized spacial score (nSPS) is 16.6. The number of rotatable bonds is 5. The molecule has 0 spiro atoms.